The first kappa shape index (κ1) is 21.6. The van der Waals surface area contributed by atoms with Crippen LogP contribution in [0.15, 0.2) is 42.5 Å². The summed E-state index contributed by atoms with van der Waals surface area (Å²) in [6, 6.07) is 13.4. The summed E-state index contributed by atoms with van der Waals surface area (Å²) >= 11 is 0. The highest BCUT2D eigenvalue weighted by molar-refractivity contribution is 5.95. The molecule has 1 aromatic carbocycles. The molecule has 0 unspecified atom stereocenters. The molecule has 2 aliphatic rings. The van der Waals surface area contributed by atoms with Crippen LogP contribution in [0.4, 0.5) is 5.95 Å². The minimum absolute atomic E-state index is 0.0122. The Hall–Kier alpha value is -3.22. The number of nitrogens with one attached hydrogen (secondary N) is 1. The van der Waals surface area contributed by atoms with Crippen LogP contribution in [0.25, 0.3) is 16.9 Å². The molecular weight excluding hydrogens is 414 g/mol. The number of rotatable bonds is 4. The number of anilines is 1. The van der Waals surface area contributed by atoms with Gasteiger partial charge in [-0.05, 0) is 61.3 Å². The maximum absolute atomic E-state index is 13.0. The van der Waals surface area contributed by atoms with Gasteiger partial charge in [0.15, 0.2) is 5.65 Å². The highest BCUT2D eigenvalue weighted by Gasteiger charge is 2.31. The SMILES string of the molecule is CC(C)(C)C1CCN(C(=O)c2ccc(-c3cccc4nc(NC(=O)C5CC5)nn34)cc2)CC1. The molecule has 1 aliphatic carbocycles. The standard InChI is InChI=1S/C26H31N5O2/c1-26(2,3)20-13-15-30(16-14-20)24(33)19-11-7-17(8-12-19)21-5-4-6-22-27-25(29-31(21)22)28-23(32)18-9-10-18/h4-8,11-12,18,20H,9-10,13-16H2,1-3H3,(H,28,29,32). The third kappa shape index (κ3) is 4.49. The van der Waals surface area contributed by atoms with Crippen LogP contribution in [-0.4, -0.2) is 44.4 Å². The molecule has 172 valence electrons. The molecule has 1 saturated carbocycles. The van der Waals surface area contributed by atoms with E-state index in [9.17, 15) is 9.59 Å². The Morgan fingerprint density at radius 2 is 1.67 bits per heavy atom. The Labute approximate surface area is 194 Å². The molecule has 2 aromatic heterocycles. The Morgan fingerprint density at radius 1 is 0.970 bits per heavy atom. The second kappa shape index (κ2) is 8.28. The molecule has 0 atom stereocenters. The molecule has 1 saturated heterocycles. The first-order valence-electron chi connectivity index (χ1n) is 11.9. The van der Waals surface area contributed by atoms with E-state index in [2.05, 4.69) is 36.2 Å². The zero-order valence-corrected chi connectivity index (χ0v) is 19.5. The number of benzene rings is 1. The molecule has 33 heavy (non-hydrogen) atoms. The van der Waals surface area contributed by atoms with Crippen LogP contribution < -0.4 is 5.32 Å². The van der Waals surface area contributed by atoms with Crippen molar-refractivity contribution >= 4 is 23.4 Å². The zero-order chi connectivity index (χ0) is 23.2. The monoisotopic (exact) mass is 445 g/mol. The number of nitrogens with zero attached hydrogens (tertiary/aromatic N) is 4. The molecule has 7 nitrogen and oxygen atoms in total. The molecule has 1 aliphatic heterocycles. The van der Waals surface area contributed by atoms with E-state index in [1.54, 1.807) is 4.52 Å². The summed E-state index contributed by atoms with van der Waals surface area (Å²) in [6.07, 6.45) is 3.98. The number of hydrogen-bond acceptors (Lipinski definition) is 4. The van der Waals surface area contributed by atoms with Crippen LogP contribution in [0, 0.1) is 17.3 Å². The first-order chi connectivity index (χ1) is 15.8. The van der Waals surface area contributed by atoms with Crippen molar-refractivity contribution in [3.05, 3.63) is 48.0 Å². The van der Waals surface area contributed by atoms with Gasteiger partial charge in [0.1, 0.15) is 0 Å². The topological polar surface area (TPSA) is 79.6 Å². The van der Waals surface area contributed by atoms with E-state index in [1.165, 1.54) is 0 Å². The number of amides is 2. The molecule has 3 aromatic rings. The van der Waals surface area contributed by atoms with Gasteiger partial charge in [0.05, 0.1) is 5.69 Å². The second-order valence-electron chi connectivity index (χ2n) is 10.4. The van der Waals surface area contributed by atoms with Crippen LogP contribution in [0.5, 0.6) is 0 Å². The van der Waals surface area contributed by atoms with Crippen molar-refractivity contribution < 1.29 is 9.59 Å². The molecule has 0 spiro atoms. The van der Waals surface area contributed by atoms with Gasteiger partial charge in [-0.1, -0.05) is 39.0 Å². The highest BCUT2D eigenvalue weighted by Crippen LogP contribution is 2.34. The van der Waals surface area contributed by atoms with Gasteiger partial charge in [0, 0.05) is 30.1 Å². The molecule has 2 fully saturated rings. The molecule has 0 radical (unpaired) electrons. The van der Waals surface area contributed by atoms with Crippen LogP contribution in [0.3, 0.4) is 0 Å². The van der Waals surface area contributed by atoms with Gasteiger partial charge >= 0.3 is 0 Å². The lowest BCUT2D eigenvalue weighted by molar-refractivity contribution is -0.117. The summed E-state index contributed by atoms with van der Waals surface area (Å²) in [7, 11) is 0. The first-order valence-corrected chi connectivity index (χ1v) is 11.9. The van der Waals surface area contributed by atoms with E-state index < -0.39 is 0 Å². The minimum atomic E-state index is -0.0122. The van der Waals surface area contributed by atoms with E-state index in [0.29, 0.717) is 28.5 Å². The number of carbonyl (C=O) groups is 2. The van der Waals surface area contributed by atoms with E-state index >= 15 is 0 Å². The fourth-order valence-electron chi connectivity index (χ4n) is 4.65. The van der Waals surface area contributed by atoms with Crippen molar-refractivity contribution in [1.82, 2.24) is 19.5 Å². The van der Waals surface area contributed by atoms with Crippen LogP contribution >= 0.6 is 0 Å². The Balaban J connectivity index is 1.31. The zero-order valence-electron chi connectivity index (χ0n) is 19.5. The van der Waals surface area contributed by atoms with E-state index in [4.69, 9.17) is 0 Å². The fraction of sp³-hybridized carbons (Fsp3) is 0.462. The molecule has 1 N–H and O–H groups in total. The van der Waals surface area contributed by atoms with Crippen LogP contribution in [0.2, 0.25) is 0 Å². The quantitative estimate of drug-likeness (QED) is 0.634. The molecule has 2 amide bonds. The van der Waals surface area contributed by atoms with Gasteiger partial charge in [-0.15, -0.1) is 5.10 Å². The highest BCUT2D eigenvalue weighted by atomic mass is 16.2. The Morgan fingerprint density at radius 3 is 2.30 bits per heavy atom. The Bertz CT molecular complexity index is 1180. The predicted molar refractivity (Wildman–Crippen MR) is 128 cm³/mol. The summed E-state index contributed by atoms with van der Waals surface area (Å²) in [4.78, 5) is 31.5. The van der Waals surface area contributed by atoms with Crippen molar-refractivity contribution in [3.63, 3.8) is 0 Å². The van der Waals surface area contributed by atoms with E-state index in [1.807, 2.05) is 47.4 Å². The number of likely N-dealkylation sites (tertiary alicyclic amines) is 1. The third-order valence-corrected chi connectivity index (χ3v) is 6.98. The van der Waals surface area contributed by atoms with Gasteiger partial charge in [-0.3, -0.25) is 14.9 Å². The summed E-state index contributed by atoms with van der Waals surface area (Å²) in [6.45, 7) is 8.49. The molecule has 5 rings (SSSR count). The maximum Gasteiger partial charge on any atom is 0.253 e. The van der Waals surface area contributed by atoms with Crippen LogP contribution in [0.1, 0.15) is 56.8 Å². The lowest BCUT2D eigenvalue weighted by atomic mass is 9.75. The van der Waals surface area contributed by atoms with Crippen molar-refractivity contribution in [2.75, 3.05) is 18.4 Å². The largest absolute Gasteiger partial charge is 0.339 e. The smallest absolute Gasteiger partial charge is 0.253 e. The minimum Gasteiger partial charge on any atom is -0.339 e. The average molecular weight is 446 g/mol. The lowest BCUT2D eigenvalue weighted by Crippen LogP contribution is -2.41. The van der Waals surface area contributed by atoms with Gasteiger partial charge in [-0.2, -0.15) is 4.98 Å². The molecule has 3 heterocycles. The third-order valence-electron chi connectivity index (χ3n) is 6.98. The normalized spacial score (nSPS) is 17.4. The van der Waals surface area contributed by atoms with Crippen molar-refractivity contribution in [2.24, 2.45) is 17.3 Å². The summed E-state index contributed by atoms with van der Waals surface area (Å²) in [5.74, 6) is 1.16. The van der Waals surface area contributed by atoms with Gasteiger partial charge < -0.3 is 4.90 Å². The molecule has 0 bridgehead atoms. The van der Waals surface area contributed by atoms with E-state index in [0.717, 1.165) is 50.0 Å². The number of fused-ring (bicyclic) bond motifs is 1. The van der Waals surface area contributed by atoms with Crippen molar-refractivity contribution in [1.29, 1.82) is 0 Å². The number of piperidine rings is 1. The number of aromatic nitrogens is 3. The fourth-order valence-corrected chi connectivity index (χ4v) is 4.65. The van der Waals surface area contributed by atoms with Gasteiger partial charge in [-0.25, -0.2) is 4.52 Å². The Kier molecular flexibility index (Phi) is 5.43. The van der Waals surface area contributed by atoms with Crippen LogP contribution in [-0.2, 0) is 4.79 Å². The van der Waals surface area contributed by atoms with Gasteiger partial charge in [0.25, 0.3) is 5.91 Å². The molecular formula is C26H31N5O2. The number of carbonyl (C=O) groups excluding carboxylic acids is 2. The predicted octanol–water partition coefficient (Wildman–Crippen LogP) is 4.64. The average Bonchev–Trinajstić information content (AvgIpc) is 3.58. The van der Waals surface area contributed by atoms with Crippen molar-refractivity contribution in [3.8, 4) is 11.3 Å². The summed E-state index contributed by atoms with van der Waals surface area (Å²) in [5, 5.41) is 7.31. The molecule has 7 heteroatoms. The number of hydrogen-bond donors (Lipinski definition) is 1. The van der Waals surface area contributed by atoms with Gasteiger partial charge in [0.2, 0.25) is 11.9 Å². The lowest BCUT2D eigenvalue weighted by Gasteiger charge is -2.38. The number of pyridine rings is 1. The summed E-state index contributed by atoms with van der Waals surface area (Å²) in [5.41, 5.74) is 3.46. The van der Waals surface area contributed by atoms with E-state index in [-0.39, 0.29) is 17.7 Å². The van der Waals surface area contributed by atoms with Crippen molar-refractivity contribution in [2.45, 2.75) is 46.5 Å². The summed E-state index contributed by atoms with van der Waals surface area (Å²) < 4.78 is 1.73. The second-order valence-corrected chi connectivity index (χ2v) is 10.4. The maximum atomic E-state index is 13.0.